The second-order valence-electron chi connectivity index (χ2n) is 7.95. The largest absolute Gasteiger partial charge is 0.464 e. The van der Waals surface area contributed by atoms with Gasteiger partial charge in [-0.3, -0.25) is 4.79 Å². The second-order valence-corrected chi connectivity index (χ2v) is 10.1. The highest BCUT2D eigenvalue weighted by molar-refractivity contribution is 7.89. The average Bonchev–Trinajstić information content (AvgIpc) is 2.89. The predicted molar refractivity (Wildman–Crippen MR) is 138 cm³/mol. The molecule has 0 saturated carbocycles. The van der Waals surface area contributed by atoms with E-state index in [1.54, 1.807) is 24.3 Å². The zero-order valence-electron chi connectivity index (χ0n) is 19.2. The van der Waals surface area contributed by atoms with Crippen molar-refractivity contribution in [2.45, 2.75) is 11.3 Å². The molecule has 0 radical (unpaired) electrons. The summed E-state index contributed by atoms with van der Waals surface area (Å²) < 4.78 is 31.8. The van der Waals surface area contributed by atoms with Crippen molar-refractivity contribution in [3.63, 3.8) is 0 Å². The number of pyridine rings is 1. The van der Waals surface area contributed by atoms with Crippen LogP contribution in [0.5, 0.6) is 0 Å². The smallest absolute Gasteiger partial charge is 0.354 e. The van der Waals surface area contributed by atoms with Crippen LogP contribution in [0, 0.1) is 0 Å². The number of aliphatic hydroxyl groups is 1. The van der Waals surface area contributed by atoms with Gasteiger partial charge in [-0.1, -0.05) is 54.1 Å². The Morgan fingerprint density at radius 3 is 2.39 bits per heavy atom. The number of aromatic nitrogens is 1. The molecular formula is C26H23ClN2O6S. The summed E-state index contributed by atoms with van der Waals surface area (Å²) in [4.78, 5) is 29.4. The lowest BCUT2D eigenvalue weighted by molar-refractivity contribution is 0.0593. The number of methoxy groups -OCH3 is 1. The molecule has 0 bridgehead atoms. The highest BCUT2D eigenvalue weighted by Crippen LogP contribution is 2.34. The van der Waals surface area contributed by atoms with E-state index in [-0.39, 0.29) is 41.2 Å². The lowest BCUT2D eigenvalue weighted by atomic mass is 9.97. The van der Waals surface area contributed by atoms with Crippen molar-refractivity contribution < 1.29 is 23.1 Å². The monoisotopic (exact) mass is 526 g/mol. The molecule has 0 saturated heterocycles. The molecule has 0 aliphatic carbocycles. The number of ether oxygens (including phenoxy) is 1. The molecule has 10 heteroatoms. The van der Waals surface area contributed by atoms with Gasteiger partial charge in [0.2, 0.25) is 10.0 Å². The van der Waals surface area contributed by atoms with Gasteiger partial charge in [0, 0.05) is 29.5 Å². The van der Waals surface area contributed by atoms with Gasteiger partial charge in [-0.15, -0.1) is 0 Å². The Morgan fingerprint density at radius 1 is 1.06 bits per heavy atom. The third-order valence-electron chi connectivity index (χ3n) is 5.70. The minimum absolute atomic E-state index is 0.00393. The summed E-state index contributed by atoms with van der Waals surface area (Å²) in [6.07, 6.45) is 0.0589. The number of fused-ring (bicyclic) bond motifs is 1. The highest BCUT2D eigenvalue weighted by atomic mass is 35.5. The van der Waals surface area contributed by atoms with Crippen molar-refractivity contribution in [3.05, 3.63) is 98.8 Å². The number of esters is 1. The molecular weight excluding hydrogens is 504 g/mol. The fraction of sp³-hybridized carbons (Fsp3) is 0.154. The average molecular weight is 527 g/mol. The highest BCUT2D eigenvalue weighted by Gasteiger charge is 2.22. The maximum Gasteiger partial charge on any atom is 0.354 e. The first kappa shape index (κ1) is 25.6. The predicted octanol–water partition coefficient (Wildman–Crippen LogP) is 3.50. The summed E-state index contributed by atoms with van der Waals surface area (Å²) in [5.41, 5.74) is 2.22. The van der Waals surface area contributed by atoms with E-state index in [0.717, 1.165) is 5.56 Å². The lowest BCUT2D eigenvalue weighted by Gasteiger charge is -2.14. The van der Waals surface area contributed by atoms with E-state index in [2.05, 4.69) is 9.71 Å². The Balaban J connectivity index is 1.83. The second kappa shape index (κ2) is 10.6. The first-order chi connectivity index (χ1) is 17.3. The molecule has 1 aromatic heterocycles. The zero-order chi connectivity index (χ0) is 25.9. The lowest BCUT2D eigenvalue weighted by Crippen LogP contribution is -2.26. The first-order valence-electron chi connectivity index (χ1n) is 11.0. The third kappa shape index (κ3) is 5.05. The first-order valence-corrected chi connectivity index (χ1v) is 12.8. The summed E-state index contributed by atoms with van der Waals surface area (Å²) >= 11 is 6.50. The van der Waals surface area contributed by atoms with Crippen LogP contribution < -0.4 is 10.2 Å². The van der Waals surface area contributed by atoms with Gasteiger partial charge in [0.05, 0.1) is 29.2 Å². The Morgan fingerprint density at radius 2 is 1.75 bits per heavy atom. The molecule has 3 aromatic carbocycles. The number of aromatic amines is 1. The Hall–Kier alpha value is -3.50. The topological polar surface area (TPSA) is 126 Å². The Labute approximate surface area is 212 Å². The maximum atomic E-state index is 13.6. The van der Waals surface area contributed by atoms with Gasteiger partial charge in [-0.25, -0.2) is 17.9 Å². The SMILES string of the molecule is COC(=O)c1[nH]c2c(-c3ccccc3)c(Cl)ccc2c(=O)c1Cc1ccc(S(=O)(=O)NCCO)cc1. The van der Waals surface area contributed by atoms with E-state index >= 15 is 0 Å². The number of sulfonamides is 1. The quantitative estimate of drug-likeness (QED) is 0.302. The standard InChI is InChI=1S/C26H23ClN2O6S/c1-35-26(32)24-20(15-16-7-9-18(10-8-16)36(33,34)28-13-14-30)25(31)19-11-12-21(27)22(23(19)29-24)17-5-3-2-4-6-17/h2-12,28,30H,13-15H2,1H3,(H,29,31). The van der Waals surface area contributed by atoms with Crippen molar-refractivity contribution in [3.8, 4) is 11.1 Å². The van der Waals surface area contributed by atoms with Gasteiger partial charge < -0.3 is 14.8 Å². The number of halogens is 1. The molecule has 3 N–H and O–H groups in total. The maximum absolute atomic E-state index is 13.6. The molecule has 0 atom stereocenters. The van der Waals surface area contributed by atoms with Gasteiger partial charge in [0.15, 0.2) is 5.43 Å². The van der Waals surface area contributed by atoms with Gasteiger partial charge in [0.1, 0.15) is 5.69 Å². The van der Waals surface area contributed by atoms with Crippen LogP contribution in [-0.2, 0) is 21.2 Å². The molecule has 0 unspecified atom stereocenters. The molecule has 0 fully saturated rings. The number of benzene rings is 3. The van der Waals surface area contributed by atoms with Crippen molar-refractivity contribution in [1.29, 1.82) is 0 Å². The summed E-state index contributed by atoms with van der Waals surface area (Å²) in [7, 11) is -2.55. The number of carbonyl (C=O) groups is 1. The summed E-state index contributed by atoms with van der Waals surface area (Å²) in [5, 5.41) is 9.64. The number of hydrogen-bond acceptors (Lipinski definition) is 6. The van der Waals surface area contributed by atoms with Crippen LogP contribution in [0.15, 0.2) is 76.4 Å². The van der Waals surface area contributed by atoms with E-state index in [1.807, 2.05) is 30.3 Å². The molecule has 0 aliphatic heterocycles. The van der Waals surface area contributed by atoms with Gasteiger partial charge in [0.25, 0.3) is 0 Å². The Bertz CT molecular complexity index is 1580. The molecule has 36 heavy (non-hydrogen) atoms. The van der Waals surface area contributed by atoms with Crippen molar-refractivity contribution >= 4 is 38.5 Å². The molecule has 186 valence electrons. The van der Waals surface area contributed by atoms with Crippen LogP contribution in [0.25, 0.3) is 22.0 Å². The number of carbonyl (C=O) groups excluding carboxylic acids is 1. The summed E-state index contributed by atoms with van der Waals surface area (Å²) in [5.74, 6) is -0.713. The van der Waals surface area contributed by atoms with Gasteiger partial charge in [-0.05, 0) is 35.4 Å². The third-order valence-corrected chi connectivity index (χ3v) is 7.49. The fourth-order valence-corrected chi connectivity index (χ4v) is 5.25. The summed E-state index contributed by atoms with van der Waals surface area (Å²) in [6.45, 7) is -0.427. The van der Waals surface area contributed by atoms with E-state index < -0.39 is 16.0 Å². The van der Waals surface area contributed by atoms with E-state index in [1.165, 1.54) is 19.2 Å². The zero-order valence-corrected chi connectivity index (χ0v) is 20.8. The molecule has 4 aromatic rings. The molecule has 0 spiro atoms. The van der Waals surface area contributed by atoms with Crippen LogP contribution in [0.2, 0.25) is 5.02 Å². The van der Waals surface area contributed by atoms with Crippen LogP contribution in [0.3, 0.4) is 0 Å². The molecule has 8 nitrogen and oxygen atoms in total. The van der Waals surface area contributed by atoms with E-state index in [4.69, 9.17) is 21.4 Å². The molecule has 0 aliphatic rings. The van der Waals surface area contributed by atoms with Crippen LogP contribution in [0.1, 0.15) is 21.6 Å². The Kier molecular flexibility index (Phi) is 7.56. The molecule has 1 heterocycles. The van der Waals surface area contributed by atoms with Crippen LogP contribution in [-0.4, -0.2) is 44.7 Å². The van der Waals surface area contributed by atoms with Crippen LogP contribution in [0.4, 0.5) is 0 Å². The van der Waals surface area contributed by atoms with Crippen molar-refractivity contribution in [2.24, 2.45) is 0 Å². The number of rotatable bonds is 8. The van der Waals surface area contributed by atoms with Crippen molar-refractivity contribution in [1.82, 2.24) is 9.71 Å². The van der Waals surface area contributed by atoms with Crippen molar-refractivity contribution in [2.75, 3.05) is 20.3 Å². The summed E-state index contributed by atoms with van der Waals surface area (Å²) in [6, 6.07) is 18.4. The van der Waals surface area contributed by atoms with E-state index in [9.17, 15) is 18.0 Å². The number of nitrogens with one attached hydrogen (secondary N) is 2. The number of aliphatic hydroxyl groups excluding tert-OH is 1. The number of hydrogen-bond donors (Lipinski definition) is 3. The number of H-pyrrole nitrogens is 1. The minimum Gasteiger partial charge on any atom is -0.464 e. The molecule has 0 amide bonds. The molecule has 4 rings (SSSR count). The van der Waals surface area contributed by atoms with Gasteiger partial charge >= 0.3 is 5.97 Å². The minimum atomic E-state index is -3.77. The van der Waals surface area contributed by atoms with E-state index in [0.29, 0.717) is 27.1 Å². The fourth-order valence-electron chi connectivity index (χ4n) is 3.96. The van der Waals surface area contributed by atoms with Crippen LogP contribution >= 0.6 is 11.6 Å². The van der Waals surface area contributed by atoms with Gasteiger partial charge in [-0.2, -0.15) is 0 Å². The normalized spacial score (nSPS) is 11.5.